The standard InChI is InChI=1S/C18H17F2N7O/c19-11-4-18(5-11,14-12(20)2-1-3-22-14)9-26-17-24-6-10(7-25-17)13-8-23-15(21)16(28)27-13/h1-3,6-8,11,15H,4-5,9,21H2,(H,24,25,26). The van der Waals surface area contributed by atoms with Crippen molar-refractivity contribution in [1.29, 1.82) is 0 Å². The molecule has 1 atom stereocenters. The number of hydrogen-bond acceptors (Lipinski definition) is 7. The highest BCUT2D eigenvalue weighted by Gasteiger charge is 2.48. The van der Waals surface area contributed by atoms with Crippen LogP contribution in [0.4, 0.5) is 14.7 Å². The summed E-state index contributed by atoms with van der Waals surface area (Å²) in [6, 6.07) is 2.82. The molecule has 1 aliphatic heterocycles. The van der Waals surface area contributed by atoms with Gasteiger partial charge >= 0.3 is 0 Å². The molecule has 1 aliphatic carbocycles. The van der Waals surface area contributed by atoms with E-state index in [0.29, 0.717) is 11.3 Å². The normalized spacial score (nSPS) is 26.5. The Morgan fingerprint density at radius 2 is 2.00 bits per heavy atom. The number of halogens is 2. The first kappa shape index (κ1) is 18.2. The first-order valence-electron chi connectivity index (χ1n) is 8.69. The van der Waals surface area contributed by atoms with Crippen molar-refractivity contribution >= 4 is 23.8 Å². The SMILES string of the molecule is NC1N=CC(c2cnc(NCC3(c4ncccc4F)CC(F)C3)nc2)=NC1=O. The van der Waals surface area contributed by atoms with Gasteiger partial charge in [-0.3, -0.25) is 14.8 Å². The number of nitrogens with two attached hydrogens (primary N) is 1. The molecule has 10 heteroatoms. The molecule has 1 unspecified atom stereocenters. The Balaban J connectivity index is 1.48. The Hall–Kier alpha value is -3.14. The number of nitrogens with one attached hydrogen (secondary N) is 1. The van der Waals surface area contributed by atoms with Gasteiger partial charge in [-0.25, -0.2) is 23.7 Å². The summed E-state index contributed by atoms with van der Waals surface area (Å²) in [5.41, 5.74) is 5.79. The number of rotatable bonds is 5. The first-order chi connectivity index (χ1) is 13.5. The molecule has 8 nitrogen and oxygen atoms in total. The third-order valence-corrected chi connectivity index (χ3v) is 4.86. The fourth-order valence-corrected chi connectivity index (χ4v) is 3.35. The van der Waals surface area contributed by atoms with Crippen molar-refractivity contribution in [3.05, 3.63) is 47.8 Å². The minimum atomic E-state index is -0.987. The van der Waals surface area contributed by atoms with Crippen LogP contribution in [0.5, 0.6) is 0 Å². The number of carbonyl (C=O) groups is 1. The van der Waals surface area contributed by atoms with Gasteiger partial charge in [0.15, 0.2) is 6.17 Å². The van der Waals surface area contributed by atoms with Crippen LogP contribution >= 0.6 is 0 Å². The molecule has 1 amide bonds. The number of carbonyl (C=O) groups excluding carboxylic acids is 1. The topological polar surface area (TPSA) is 119 Å². The van der Waals surface area contributed by atoms with Gasteiger partial charge in [0.25, 0.3) is 5.91 Å². The summed E-state index contributed by atoms with van der Waals surface area (Å²) in [5, 5.41) is 3.02. The minimum Gasteiger partial charge on any atom is -0.353 e. The van der Waals surface area contributed by atoms with Gasteiger partial charge in [0.2, 0.25) is 5.95 Å². The van der Waals surface area contributed by atoms with E-state index in [1.54, 1.807) is 0 Å². The molecule has 28 heavy (non-hydrogen) atoms. The lowest BCUT2D eigenvalue weighted by atomic mass is 9.65. The Kier molecular flexibility index (Phi) is 4.63. The van der Waals surface area contributed by atoms with E-state index >= 15 is 0 Å². The second-order valence-corrected chi connectivity index (χ2v) is 6.83. The van der Waals surface area contributed by atoms with E-state index in [4.69, 9.17) is 5.73 Å². The zero-order chi connectivity index (χ0) is 19.7. The van der Waals surface area contributed by atoms with E-state index < -0.39 is 29.5 Å². The van der Waals surface area contributed by atoms with Crippen molar-refractivity contribution in [1.82, 2.24) is 15.0 Å². The molecule has 2 aromatic heterocycles. The van der Waals surface area contributed by atoms with Crippen LogP contribution in [0.3, 0.4) is 0 Å². The average Bonchev–Trinajstić information content (AvgIpc) is 2.67. The number of amides is 1. The summed E-state index contributed by atoms with van der Waals surface area (Å²) in [4.78, 5) is 31.7. The number of aliphatic imine (C=N–C) groups is 2. The number of alkyl halides is 1. The molecule has 0 bridgehead atoms. The molecule has 2 aliphatic rings. The molecule has 3 N–H and O–H groups in total. The molecule has 0 aromatic carbocycles. The highest BCUT2D eigenvalue weighted by Crippen LogP contribution is 2.45. The minimum absolute atomic E-state index is 0.182. The maximum atomic E-state index is 14.2. The number of hydrogen-bond donors (Lipinski definition) is 2. The first-order valence-corrected chi connectivity index (χ1v) is 8.69. The average molecular weight is 385 g/mol. The zero-order valence-corrected chi connectivity index (χ0v) is 14.7. The zero-order valence-electron chi connectivity index (χ0n) is 14.7. The van der Waals surface area contributed by atoms with E-state index in [0.717, 1.165) is 0 Å². The molecule has 0 saturated heterocycles. The van der Waals surface area contributed by atoms with Crippen molar-refractivity contribution in [3.8, 4) is 0 Å². The van der Waals surface area contributed by atoms with Crippen LogP contribution in [0.1, 0.15) is 24.1 Å². The van der Waals surface area contributed by atoms with E-state index in [9.17, 15) is 13.6 Å². The van der Waals surface area contributed by atoms with Crippen molar-refractivity contribution in [2.45, 2.75) is 30.6 Å². The predicted octanol–water partition coefficient (Wildman–Crippen LogP) is 1.18. The molecule has 1 saturated carbocycles. The van der Waals surface area contributed by atoms with Crippen molar-refractivity contribution in [2.75, 3.05) is 11.9 Å². The van der Waals surface area contributed by atoms with Crippen LogP contribution < -0.4 is 11.1 Å². The summed E-state index contributed by atoms with van der Waals surface area (Å²) < 4.78 is 27.8. The second-order valence-electron chi connectivity index (χ2n) is 6.83. The summed E-state index contributed by atoms with van der Waals surface area (Å²) in [5.74, 6) is -0.701. The molecule has 4 rings (SSSR count). The molecule has 144 valence electrons. The van der Waals surface area contributed by atoms with Gasteiger partial charge in [-0.15, -0.1) is 0 Å². The summed E-state index contributed by atoms with van der Waals surface area (Å²) in [7, 11) is 0. The summed E-state index contributed by atoms with van der Waals surface area (Å²) in [6.07, 6.45) is 4.26. The van der Waals surface area contributed by atoms with Crippen LogP contribution in [0.15, 0.2) is 40.7 Å². The van der Waals surface area contributed by atoms with Gasteiger partial charge in [0.05, 0.1) is 17.6 Å². The van der Waals surface area contributed by atoms with Gasteiger partial charge in [0, 0.05) is 36.1 Å². The van der Waals surface area contributed by atoms with E-state index in [1.807, 2.05) is 0 Å². The smallest absolute Gasteiger partial charge is 0.285 e. The molecular formula is C18H17F2N7O. The Morgan fingerprint density at radius 1 is 1.25 bits per heavy atom. The van der Waals surface area contributed by atoms with Crippen LogP contribution in [0.2, 0.25) is 0 Å². The predicted molar refractivity (Wildman–Crippen MR) is 98.5 cm³/mol. The Bertz CT molecular complexity index is 955. The number of aromatic nitrogens is 3. The monoisotopic (exact) mass is 385 g/mol. The van der Waals surface area contributed by atoms with Gasteiger partial charge in [-0.05, 0) is 25.0 Å². The van der Waals surface area contributed by atoms with Crippen LogP contribution in [-0.2, 0) is 10.2 Å². The third kappa shape index (κ3) is 3.38. The van der Waals surface area contributed by atoms with Gasteiger partial charge < -0.3 is 11.1 Å². The Labute approximate surface area is 159 Å². The number of pyridine rings is 1. The quantitative estimate of drug-likeness (QED) is 0.798. The van der Waals surface area contributed by atoms with Gasteiger partial charge in [0.1, 0.15) is 12.0 Å². The van der Waals surface area contributed by atoms with Crippen molar-refractivity contribution in [2.24, 2.45) is 15.7 Å². The van der Waals surface area contributed by atoms with Crippen LogP contribution in [0.25, 0.3) is 0 Å². The fourth-order valence-electron chi connectivity index (χ4n) is 3.35. The number of anilines is 1. The van der Waals surface area contributed by atoms with Gasteiger partial charge in [-0.1, -0.05) is 0 Å². The van der Waals surface area contributed by atoms with E-state index in [-0.39, 0.29) is 31.0 Å². The molecule has 3 heterocycles. The highest BCUT2D eigenvalue weighted by atomic mass is 19.1. The largest absolute Gasteiger partial charge is 0.353 e. The van der Waals surface area contributed by atoms with Gasteiger partial charge in [-0.2, -0.15) is 0 Å². The maximum Gasteiger partial charge on any atom is 0.285 e. The Morgan fingerprint density at radius 3 is 2.64 bits per heavy atom. The fraction of sp³-hybridized carbons (Fsp3) is 0.333. The molecule has 2 aromatic rings. The summed E-state index contributed by atoms with van der Waals surface area (Å²) in [6.45, 7) is 0.246. The molecule has 1 fully saturated rings. The highest BCUT2D eigenvalue weighted by molar-refractivity contribution is 6.41. The third-order valence-electron chi connectivity index (χ3n) is 4.86. The van der Waals surface area contributed by atoms with Crippen molar-refractivity contribution < 1.29 is 13.6 Å². The second kappa shape index (κ2) is 7.12. The van der Waals surface area contributed by atoms with Crippen LogP contribution in [0, 0.1) is 5.82 Å². The van der Waals surface area contributed by atoms with E-state index in [2.05, 4.69) is 30.3 Å². The lowest BCUT2D eigenvalue weighted by Gasteiger charge is -2.43. The lowest BCUT2D eigenvalue weighted by Crippen LogP contribution is -2.49. The lowest BCUT2D eigenvalue weighted by molar-refractivity contribution is -0.118. The molecule has 0 spiro atoms. The summed E-state index contributed by atoms with van der Waals surface area (Å²) >= 11 is 0. The maximum absolute atomic E-state index is 14.2. The van der Waals surface area contributed by atoms with Crippen molar-refractivity contribution in [3.63, 3.8) is 0 Å². The molecule has 0 radical (unpaired) electrons. The van der Waals surface area contributed by atoms with Crippen LogP contribution in [-0.4, -0.2) is 51.7 Å². The number of nitrogens with zero attached hydrogens (tertiary/aromatic N) is 5. The van der Waals surface area contributed by atoms with E-state index in [1.165, 1.54) is 36.9 Å². The molecular weight excluding hydrogens is 368 g/mol.